The van der Waals surface area contributed by atoms with E-state index in [1.54, 1.807) is 23.3 Å². The van der Waals surface area contributed by atoms with Crippen LogP contribution in [0.15, 0.2) is 16.8 Å². The lowest BCUT2D eigenvalue weighted by Crippen LogP contribution is -2.48. The van der Waals surface area contributed by atoms with Gasteiger partial charge in [0.15, 0.2) is 0 Å². The number of piperidine rings is 1. The smallest absolute Gasteiger partial charge is 0.317 e. The molecule has 1 aromatic heterocycles. The topological polar surface area (TPSA) is 64.7 Å². The van der Waals surface area contributed by atoms with Crippen LogP contribution in [0.5, 0.6) is 0 Å². The van der Waals surface area contributed by atoms with Gasteiger partial charge in [-0.25, -0.2) is 4.79 Å². The Morgan fingerprint density at radius 1 is 1.39 bits per heavy atom. The van der Waals surface area contributed by atoms with Crippen LogP contribution in [0.1, 0.15) is 24.4 Å². The number of carbonyl (C=O) groups is 2. The largest absolute Gasteiger partial charge is 0.359 e. The van der Waals surface area contributed by atoms with Crippen molar-refractivity contribution < 1.29 is 9.59 Å². The van der Waals surface area contributed by atoms with Crippen LogP contribution in [-0.2, 0) is 4.79 Å². The molecule has 0 spiro atoms. The van der Waals surface area contributed by atoms with Crippen molar-refractivity contribution in [2.45, 2.75) is 18.9 Å². The highest BCUT2D eigenvalue weighted by molar-refractivity contribution is 7.07. The molecule has 0 saturated carbocycles. The number of nitrogens with zero attached hydrogens (tertiary/aromatic N) is 2. The van der Waals surface area contributed by atoms with Gasteiger partial charge in [-0.05, 0) is 49.3 Å². The normalized spacial score (nSPS) is 17.1. The molecular weight excluding hydrogens is 312 g/mol. The van der Waals surface area contributed by atoms with Crippen LogP contribution >= 0.6 is 11.3 Å². The van der Waals surface area contributed by atoms with Gasteiger partial charge in [0.25, 0.3) is 0 Å². The maximum Gasteiger partial charge on any atom is 0.317 e. The minimum absolute atomic E-state index is 0.0318. The van der Waals surface area contributed by atoms with Crippen molar-refractivity contribution in [1.82, 2.24) is 20.4 Å². The van der Waals surface area contributed by atoms with Crippen LogP contribution in [0.2, 0.25) is 0 Å². The van der Waals surface area contributed by atoms with E-state index in [0.29, 0.717) is 19.6 Å². The summed E-state index contributed by atoms with van der Waals surface area (Å²) >= 11 is 1.67. The lowest BCUT2D eigenvalue weighted by Gasteiger charge is -2.32. The van der Waals surface area contributed by atoms with E-state index in [-0.39, 0.29) is 23.9 Å². The molecule has 2 N–H and O–H groups in total. The van der Waals surface area contributed by atoms with E-state index in [9.17, 15) is 9.59 Å². The number of likely N-dealkylation sites (N-methyl/N-ethyl adjacent to an activating group) is 1. The Hall–Kier alpha value is -1.60. The molecule has 1 aromatic rings. The second-order valence-electron chi connectivity index (χ2n) is 6.10. The van der Waals surface area contributed by atoms with E-state index >= 15 is 0 Å². The van der Waals surface area contributed by atoms with Crippen LogP contribution in [0.4, 0.5) is 4.79 Å². The Bertz CT molecular complexity index is 510. The number of amides is 3. The summed E-state index contributed by atoms with van der Waals surface area (Å²) in [6.45, 7) is 1.85. The summed E-state index contributed by atoms with van der Waals surface area (Å²) in [4.78, 5) is 27.9. The molecule has 2 heterocycles. The van der Waals surface area contributed by atoms with Crippen molar-refractivity contribution in [3.05, 3.63) is 22.4 Å². The van der Waals surface area contributed by atoms with Gasteiger partial charge >= 0.3 is 6.03 Å². The second kappa shape index (κ2) is 8.31. The average Bonchev–Trinajstić information content (AvgIpc) is 3.08. The summed E-state index contributed by atoms with van der Waals surface area (Å²) in [5.41, 5.74) is 1.22. The SMILES string of the molecule is CNC(=O)C1CCN(C(=O)NC[C@@H](c2ccsc2)N(C)C)CC1. The third kappa shape index (κ3) is 4.68. The Morgan fingerprint density at radius 3 is 2.61 bits per heavy atom. The first-order chi connectivity index (χ1) is 11.0. The fourth-order valence-corrected chi connectivity index (χ4v) is 3.61. The number of urea groups is 1. The quantitative estimate of drug-likeness (QED) is 0.855. The Balaban J connectivity index is 1.82. The van der Waals surface area contributed by atoms with Gasteiger partial charge in [-0.2, -0.15) is 11.3 Å². The van der Waals surface area contributed by atoms with E-state index in [2.05, 4.69) is 32.4 Å². The monoisotopic (exact) mass is 338 g/mol. The molecule has 1 saturated heterocycles. The van der Waals surface area contributed by atoms with Crippen molar-refractivity contribution in [3.8, 4) is 0 Å². The summed E-state index contributed by atoms with van der Waals surface area (Å²) in [6, 6.07) is 2.23. The predicted molar refractivity (Wildman–Crippen MR) is 92.5 cm³/mol. The molecule has 0 bridgehead atoms. The van der Waals surface area contributed by atoms with Crippen LogP contribution in [0.25, 0.3) is 0 Å². The molecule has 1 aliphatic heterocycles. The van der Waals surface area contributed by atoms with Gasteiger partial charge in [-0.1, -0.05) is 0 Å². The molecule has 1 fully saturated rings. The zero-order chi connectivity index (χ0) is 16.8. The molecule has 128 valence electrons. The van der Waals surface area contributed by atoms with E-state index in [0.717, 1.165) is 12.8 Å². The van der Waals surface area contributed by atoms with E-state index in [1.165, 1.54) is 5.56 Å². The van der Waals surface area contributed by atoms with Crippen molar-refractivity contribution in [2.24, 2.45) is 5.92 Å². The van der Waals surface area contributed by atoms with Gasteiger partial charge in [0.1, 0.15) is 0 Å². The van der Waals surface area contributed by atoms with Gasteiger partial charge in [0.2, 0.25) is 5.91 Å². The van der Waals surface area contributed by atoms with Gasteiger partial charge < -0.3 is 20.4 Å². The highest BCUT2D eigenvalue weighted by Crippen LogP contribution is 2.21. The highest BCUT2D eigenvalue weighted by atomic mass is 32.1. The standard InChI is InChI=1S/C16H26N4O2S/c1-17-15(21)12-4-7-20(8-5-12)16(22)18-10-14(19(2)3)13-6-9-23-11-13/h6,9,11-12,14H,4-5,7-8,10H2,1-3H3,(H,17,21)(H,18,22)/t14-/m0/s1. The molecule has 6 nitrogen and oxygen atoms in total. The van der Waals surface area contributed by atoms with Crippen molar-refractivity contribution in [2.75, 3.05) is 40.8 Å². The molecule has 0 radical (unpaired) electrons. The average molecular weight is 338 g/mol. The second-order valence-corrected chi connectivity index (χ2v) is 6.88. The Kier molecular flexibility index (Phi) is 6.41. The number of carbonyl (C=O) groups excluding carboxylic acids is 2. The number of rotatable bonds is 5. The molecule has 1 atom stereocenters. The first-order valence-electron chi connectivity index (χ1n) is 7.95. The molecule has 23 heavy (non-hydrogen) atoms. The number of hydrogen-bond donors (Lipinski definition) is 2. The third-order valence-electron chi connectivity index (χ3n) is 4.40. The van der Waals surface area contributed by atoms with Crippen LogP contribution in [0, 0.1) is 5.92 Å². The van der Waals surface area contributed by atoms with E-state index in [4.69, 9.17) is 0 Å². The minimum atomic E-state index is -0.0394. The third-order valence-corrected chi connectivity index (χ3v) is 5.10. The Morgan fingerprint density at radius 2 is 2.09 bits per heavy atom. The van der Waals surface area contributed by atoms with Crippen LogP contribution in [0.3, 0.4) is 0 Å². The molecule has 0 aliphatic carbocycles. The number of thiophene rings is 1. The molecule has 0 aromatic carbocycles. The van der Waals surface area contributed by atoms with Gasteiger partial charge in [-0.15, -0.1) is 0 Å². The lowest BCUT2D eigenvalue weighted by atomic mass is 9.96. The summed E-state index contributed by atoms with van der Waals surface area (Å²) in [5.74, 6) is 0.111. The molecular formula is C16H26N4O2S. The lowest BCUT2D eigenvalue weighted by molar-refractivity contribution is -0.125. The fourth-order valence-electron chi connectivity index (χ4n) is 2.91. The van der Waals surface area contributed by atoms with Crippen molar-refractivity contribution in [1.29, 1.82) is 0 Å². The molecule has 7 heteroatoms. The maximum absolute atomic E-state index is 12.3. The number of likely N-dealkylation sites (tertiary alicyclic amines) is 1. The van der Waals surface area contributed by atoms with Crippen LogP contribution in [-0.4, -0.2) is 62.5 Å². The predicted octanol–water partition coefficient (Wildman–Crippen LogP) is 1.52. The Labute approximate surface area is 141 Å². The molecule has 0 unspecified atom stereocenters. The maximum atomic E-state index is 12.3. The number of hydrogen-bond acceptors (Lipinski definition) is 4. The van der Waals surface area contributed by atoms with Crippen LogP contribution < -0.4 is 10.6 Å². The van der Waals surface area contributed by atoms with E-state index < -0.39 is 0 Å². The summed E-state index contributed by atoms with van der Waals surface area (Å²) in [5, 5.41) is 9.88. The summed E-state index contributed by atoms with van der Waals surface area (Å²) < 4.78 is 0. The van der Waals surface area contributed by atoms with Gasteiger partial charge in [0, 0.05) is 32.6 Å². The molecule has 1 aliphatic rings. The first-order valence-corrected chi connectivity index (χ1v) is 8.90. The van der Waals surface area contributed by atoms with E-state index in [1.807, 2.05) is 14.1 Å². The van der Waals surface area contributed by atoms with Crippen molar-refractivity contribution >= 4 is 23.3 Å². The zero-order valence-corrected chi connectivity index (χ0v) is 14.9. The summed E-state index contributed by atoms with van der Waals surface area (Å²) in [7, 11) is 5.69. The zero-order valence-electron chi connectivity index (χ0n) is 14.0. The first kappa shape index (κ1) is 17.7. The van der Waals surface area contributed by atoms with Gasteiger partial charge in [0.05, 0.1) is 6.04 Å². The molecule has 2 rings (SSSR count). The van der Waals surface area contributed by atoms with Crippen molar-refractivity contribution in [3.63, 3.8) is 0 Å². The highest BCUT2D eigenvalue weighted by Gasteiger charge is 2.27. The van der Waals surface area contributed by atoms with Gasteiger partial charge in [-0.3, -0.25) is 4.79 Å². The minimum Gasteiger partial charge on any atom is -0.359 e. The summed E-state index contributed by atoms with van der Waals surface area (Å²) in [6.07, 6.45) is 1.46. The fraction of sp³-hybridized carbons (Fsp3) is 0.625. The number of nitrogens with one attached hydrogen (secondary N) is 2. The molecule has 3 amide bonds.